The van der Waals surface area contributed by atoms with E-state index in [0.717, 1.165) is 5.56 Å². The Labute approximate surface area is 89.1 Å². The molecule has 1 unspecified atom stereocenters. The van der Waals surface area contributed by atoms with Gasteiger partial charge in [0, 0.05) is 6.42 Å². The predicted molar refractivity (Wildman–Crippen MR) is 58.5 cm³/mol. The molecule has 0 spiro atoms. The van der Waals surface area contributed by atoms with Gasteiger partial charge in [0.25, 0.3) is 0 Å². The molecule has 82 valence electrons. The zero-order chi connectivity index (χ0) is 11.3. The summed E-state index contributed by atoms with van der Waals surface area (Å²) in [6.07, 6.45) is 1.12. The maximum Gasteiger partial charge on any atom is 0.154 e. The van der Waals surface area contributed by atoms with Crippen LogP contribution >= 0.6 is 0 Å². The molecule has 4 heteroatoms. The Hall–Kier alpha value is -1.39. The molecule has 0 amide bonds. The van der Waals surface area contributed by atoms with Crippen molar-refractivity contribution in [2.24, 2.45) is 5.73 Å². The van der Waals surface area contributed by atoms with Crippen molar-refractivity contribution in [2.75, 3.05) is 6.54 Å². The van der Waals surface area contributed by atoms with Crippen LogP contribution in [-0.4, -0.2) is 23.6 Å². The van der Waals surface area contributed by atoms with Gasteiger partial charge in [-0.15, -0.1) is 0 Å². The van der Waals surface area contributed by atoms with E-state index < -0.39 is 5.66 Å². The number of aromatic hydroxyl groups is 1. The molecule has 0 bridgehead atoms. The molecular formula is C11H16N2O2. The third kappa shape index (κ3) is 3.34. The average Bonchev–Trinajstić information content (AvgIpc) is 2.22. The molecule has 1 atom stereocenters. The number of carbonyl (C=O) groups is 1. The highest BCUT2D eigenvalue weighted by Crippen LogP contribution is 2.12. The highest BCUT2D eigenvalue weighted by atomic mass is 16.3. The van der Waals surface area contributed by atoms with Crippen LogP contribution < -0.4 is 11.1 Å². The standard InChI is InChI=1S/C11H16N2O2/c1-2-13-11(12,8-14)7-9-3-5-10(15)6-4-9/h3-6,8,13,15H,2,7,12H2,1H3. The number of phenolic OH excluding ortho intramolecular Hbond substituents is 1. The van der Waals surface area contributed by atoms with E-state index >= 15 is 0 Å². The van der Waals surface area contributed by atoms with Gasteiger partial charge in [0.05, 0.1) is 0 Å². The second-order valence-corrected chi connectivity index (χ2v) is 3.53. The molecule has 15 heavy (non-hydrogen) atoms. The van der Waals surface area contributed by atoms with Crippen molar-refractivity contribution in [3.05, 3.63) is 29.8 Å². The highest BCUT2D eigenvalue weighted by molar-refractivity contribution is 5.63. The van der Waals surface area contributed by atoms with Crippen LogP contribution in [0.3, 0.4) is 0 Å². The number of phenols is 1. The molecule has 0 radical (unpaired) electrons. The van der Waals surface area contributed by atoms with E-state index in [1.165, 1.54) is 0 Å². The third-order valence-corrected chi connectivity index (χ3v) is 2.15. The summed E-state index contributed by atoms with van der Waals surface area (Å²) in [7, 11) is 0. The van der Waals surface area contributed by atoms with E-state index in [9.17, 15) is 4.79 Å². The van der Waals surface area contributed by atoms with E-state index in [1.54, 1.807) is 24.3 Å². The summed E-state index contributed by atoms with van der Waals surface area (Å²) in [4.78, 5) is 10.9. The lowest BCUT2D eigenvalue weighted by Crippen LogP contribution is -2.56. The van der Waals surface area contributed by atoms with Crippen LogP contribution in [0.15, 0.2) is 24.3 Å². The first kappa shape index (κ1) is 11.7. The van der Waals surface area contributed by atoms with Gasteiger partial charge in [-0.3, -0.25) is 10.1 Å². The molecule has 0 aliphatic rings. The molecule has 0 aromatic heterocycles. The van der Waals surface area contributed by atoms with Crippen LogP contribution in [-0.2, 0) is 11.2 Å². The van der Waals surface area contributed by atoms with Gasteiger partial charge in [0.1, 0.15) is 11.4 Å². The van der Waals surface area contributed by atoms with Gasteiger partial charge in [-0.05, 0) is 24.2 Å². The fourth-order valence-electron chi connectivity index (χ4n) is 1.43. The fourth-order valence-corrected chi connectivity index (χ4v) is 1.43. The minimum absolute atomic E-state index is 0.205. The molecule has 0 heterocycles. The van der Waals surface area contributed by atoms with E-state index in [0.29, 0.717) is 19.3 Å². The van der Waals surface area contributed by atoms with Gasteiger partial charge in [0.2, 0.25) is 0 Å². The van der Waals surface area contributed by atoms with E-state index in [4.69, 9.17) is 10.8 Å². The minimum Gasteiger partial charge on any atom is -0.508 e. The smallest absolute Gasteiger partial charge is 0.154 e. The maximum atomic E-state index is 10.9. The highest BCUT2D eigenvalue weighted by Gasteiger charge is 2.22. The summed E-state index contributed by atoms with van der Waals surface area (Å²) in [5.74, 6) is 0.205. The zero-order valence-corrected chi connectivity index (χ0v) is 8.73. The van der Waals surface area contributed by atoms with Crippen LogP contribution in [0.2, 0.25) is 0 Å². The Morgan fingerprint density at radius 2 is 2.07 bits per heavy atom. The number of aldehydes is 1. The number of likely N-dealkylation sites (N-methyl/N-ethyl adjacent to an activating group) is 1. The number of nitrogens with two attached hydrogens (primary N) is 1. The Bertz CT molecular complexity index is 324. The van der Waals surface area contributed by atoms with Crippen molar-refractivity contribution in [1.82, 2.24) is 5.32 Å². The number of rotatable bonds is 5. The second-order valence-electron chi connectivity index (χ2n) is 3.53. The molecule has 1 rings (SSSR count). The molecule has 0 aliphatic carbocycles. The van der Waals surface area contributed by atoms with Crippen LogP contribution in [0.25, 0.3) is 0 Å². The van der Waals surface area contributed by atoms with Crippen molar-refractivity contribution in [3.8, 4) is 5.75 Å². The first-order valence-electron chi connectivity index (χ1n) is 4.88. The summed E-state index contributed by atoms with van der Waals surface area (Å²) in [5.41, 5.74) is 5.72. The maximum absolute atomic E-state index is 10.9. The van der Waals surface area contributed by atoms with Gasteiger partial charge in [-0.25, -0.2) is 0 Å². The number of nitrogens with one attached hydrogen (secondary N) is 1. The molecule has 0 fully saturated rings. The van der Waals surface area contributed by atoms with Crippen molar-refractivity contribution >= 4 is 6.29 Å². The SMILES string of the molecule is CCNC(N)(C=O)Cc1ccc(O)cc1. The van der Waals surface area contributed by atoms with Crippen molar-refractivity contribution in [3.63, 3.8) is 0 Å². The summed E-state index contributed by atoms with van der Waals surface area (Å²) in [6, 6.07) is 6.65. The lowest BCUT2D eigenvalue weighted by molar-refractivity contribution is -0.113. The van der Waals surface area contributed by atoms with Gasteiger partial charge >= 0.3 is 0 Å². The van der Waals surface area contributed by atoms with Gasteiger partial charge < -0.3 is 10.8 Å². The monoisotopic (exact) mass is 208 g/mol. The van der Waals surface area contributed by atoms with E-state index in [2.05, 4.69) is 5.32 Å². The first-order chi connectivity index (χ1) is 7.09. The minimum atomic E-state index is -1.02. The third-order valence-electron chi connectivity index (χ3n) is 2.15. The topological polar surface area (TPSA) is 75.3 Å². The molecule has 4 nitrogen and oxygen atoms in total. The Balaban J connectivity index is 2.74. The molecule has 4 N–H and O–H groups in total. The molecule has 0 saturated carbocycles. The Morgan fingerprint density at radius 3 is 2.53 bits per heavy atom. The van der Waals surface area contributed by atoms with E-state index in [1.807, 2.05) is 6.92 Å². The fraction of sp³-hybridized carbons (Fsp3) is 0.364. The zero-order valence-electron chi connectivity index (χ0n) is 8.73. The Morgan fingerprint density at radius 1 is 1.47 bits per heavy atom. The number of benzene rings is 1. The summed E-state index contributed by atoms with van der Waals surface area (Å²) < 4.78 is 0. The normalized spacial score (nSPS) is 14.5. The molecule has 1 aromatic rings. The quantitative estimate of drug-likeness (QED) is 0.483. The summed E-state index contributed by atoms with van der Waals surface area (Å²) >= 11 is 0. The van der Waals surface area contributed by atoms with Crippen LogP contribution in [0.4, 0.5) is 0 Å². The molecule has 0 aliphatic heterocycles. The van der Waals surface area contributed by atoms with Gasteiger partial charge in [0.15, 0.2) is 6.29 Å². The summed E-state index contributed by atoms with van der Waals surface area (Å²) in [6.45, 7) is 2.52. The van der Waals surface area contributed by atoms with Gasteiger partial charge in [-0.2, -0.15) is 0 Å². The lowest BCUT2D eigenvalue weighted by atomic mass is 10.0. The lowest BCUT2D eigenvalue weighted by Gasteiger charge is -2.23. The van der Waals surface area contributed by atoms with Crippen LogP contribution in [0.5, 0.6) is 5.75 Å². The molecular weight excluding hydrogens is 192 g/mol. The number of carbonyl (C=O) groups excluding carboxylic acids is 1. The molecule has 0 saturated heterocycles. The predicted octanol–water partition coefficient (Wildman–Crippen LogP) is 0.398. The number of hydrogen-bond acceptors (Lipinski definition) is 4. The second kappa shape index (κ2) is 4.91. The molecule has 1 aromatic carbocycles. The first-order valence-corrected chi connectivity index (χ1v) is 4.88. The van der Waals surface area contributed by atoms with Crippen molar-refractivity contribution in [1.29, 1.82) is 0 Å². The number of hydrogen-bond donors (Lipinski definition) is 3. The van der Waals surface area contributed by atoms with Crippen molar-refractivity contribution < 1.29 is 9.90 Å². The summed E-state index contributed by atoms with van der Waals surface area (Å²) in [5, 5.41) is 12.0. The average molecular weight is 208 g/mol. The Kier molecular flexibility index (Phi) is 3.82. The largest absolute Gasteiger partial charge is 0.508 e. The van der Waals surface area contributed by atoms with Gasteiger partial charge in [-0.1, -0.05) is 19.1 Å². The van der Waals surface area contributed by atoms with Crippen LogP contribution in [0.1, 0.15) is 12.5 Å². The van der Waals surface area contributed by atoms with E-state index in [-0.39, 0.29) is 5.75 Å². The van der Waals surface area contributed by atoms with Crippen molar-refractivity contribution in [2.45, 2.75) is 19.0 Å². The van der Waals surface area contributed by atoms with Crippen LogP contribution in [0, 0.1) is 0 Å².